The molecule has 0 atom stereocenters. The van der Waals surface area contributed by atoms with Gasteiger partial charge in [0.05, 0.1) is 12.7 Å². The first kappa shape index (κ1) is 18.0. The molecular weight excluding hydrogens is 298 g/mol. The van der Waals surface area contributed by atoms with Gasteiger partial charge in [-0.2, -0.15) is 5.10 Å². The summed E-state index contributed by atoms with van der Waals surface area (Å²) in [5.74, 6) is 0.866. The fourth-order valence-corrected chi connectivity index (χ4v) is 2.73. The van der Waals surface area contributed by atoms with Gasteiger partial charge < -0.3 is 10.6 Å². The summed E-state index contributed by atoms with van der Waals surface area (Å²) in [6.07, 6.45) is 4.88. The van der Waals surface area contributed by atoms with Crippen molar-refractivity contribution < 1.29 is 0 Å². The topological polar surface area (TPSA) is 54.2 Å². The molecule has 1 aromatic carbocycles. The molecule has 24 heavy (non-hydrogen) atoms. The smallest absolute Gasteiger partial charge is 0.191 e. The van der Waals surface area contributed by atoms with E-state index in [0.29, 0.717) is 0 Å². The minimum Gasteiger partial charge on any atom is -0.357 e. The van der Waals surface area contributed by atoms with Crippen LogP contribution in [0.5, 0.6) is 0 Å². The molecule has 5 nitrogen and oxygen atoms in total. The Morgan fingerprint density at radius 1 is 1.08 bits per heavy atom. The second kappa shape index (κ2) is 9.11. The number of guanidine groups is 1. The summed E-state index contributed by atoms with van der Waals surface area (Å²) in [5.41, 5.74) is 5.16. The van der Waals surface area contributed by atoms with E-state index in [9.17, 15) is 0 Å². The molecule has 0 aliphatic heterocycles. The van der Waals surface area contributed by atoms with Crippen LogP contribution in [0.1, 0.15) is 29.2 Å². The molecule has 2 rings (SSSR count). The van der Waals surface area contributed by atoms with E-state index in [1.54, 1.807) is 0 Å². The lowest BCUT2D eigenvalue weighted by Crippen LogP contribution is -2.39. The Hall–Kier alpha value is -2.30. The first-order valence-electron chi connectivity index (χ1n) is 8.65. The average molecular weight is 327 g/mol. The van der Waals surface area contributed by atoms with Crippen LogP contribution in [0.4, 0.5) is 0 Å². The van der Waals surface area contributed by atoms with Crippen molar-refractivity contribution in [2.45, 2.75) is 40.7 Å². The van der Waals surface area contributed by atoms with Crippen molar-refractivity contribution >= 4 is 5.96 Å². The molecule has 0 aliphatic rings. The zero-order chi connectivity index (χ0) is 17.4. The Bertz CT molecular complexity index is 652. The van der Waals surface area contributed by atoms with Gasteiger partial charge in [-0.25, -0.2) is 0 Å². The molecular formula is C19H29N5. The summed E-state index contributed by atoms with van der Waals surface area (Å²) >= 11 is 0. The van der Waals surface area contributed by atoms with Gasteiger partial charge in [-0.05, 0) is 45.2 Å². The Labute approximate surface area is 145 Å². The fraction of sp³-hybridized carbons (Fsp3) is 0.474. The van der Waals surface area contributed by atoms with E-state index < -0.39 is 0 Å². The van der Waals surface area contributed by atoms with Gasteiger partial charge in [0.2, 0.25) is 0 Å². The monoisotopic (exact) mass is 327 g/mol. The Balaban J connectivity index is 1.83. The van der Waals surface area contributed by atoms with E-state index in [4.69, 9.17) is 0 Å². The molecule has 0 bridgehead atoms. The van der Waals surface area contributed by atoms with Gasteiger partial charge in [-0.1, -0.05) is 29.3 Å². The predicted octanol–water partition coefficient (Wildman–Crippen LogP) is 2.61. The number of aliphatic imine (C=N–C) groups is 1. The molecule has 0 amide bonds. The SMILES string of the molecule is CCNC(=NCCc1cc(C)cc(C)c1)NCCn1cc(C)cn1. The minimum atomic E-state index is 0.777. The third-order valence-electron chi connectivity index (χ3n) is 3.69. The zero-order valence-corrected chi connectivity index (χ0v) is 15.3. The third kappa shape index (κ3) is 6.07. The number of nitrogens with zero attached hydrogens (tertiary/aromatic N) is 3. The first-order chi connectivity index (χ1) is 11.6. The molecule has 130 valence electrons. The molecule has 0 radical (unpaired) electrons. The maximum Gasteiger partial charge on any atom is 0.191 e. The number of hydrogen-bond donors (Lipinski definition) is 2. The Morgan fingerprint density at radius 2 is 1.83 bits per heavy atom. The highest BCUT2D eigenvalue weighted by molar-refractivity contribution is 5.79. The highest BCUT2D eigenvalue weighted by Crippen LogP contribution is 2.09. The van der Waals surface area contributed by atoms with Crippen molar-refractivity contribution in [1.82, 2.24) is 20.4 Å². The predicted molar refractivity (Wildman–Crippen MR) is 101 cm³/mol. The van der Waals surface area contributed by atoms with Crippen LogP contribution in [-0.2, 0) is 13.0 Å². The zero-order valence-electron chi connectivity index (χ0n) is 15.3. The van der Waals surface area contributed by atoms with E-state index in [0.717, 1.165) is 38.6 Å². The van der Waals surface area contributed by atoms with E-state index in [2.05, 4.69) is 66.6 Å². The standard InChI is InChI=1S/C19H29N5/c1-5-20-19(22-8-9-24-14-17(4)13-23-24)21-7-6-18-11-15(2)10-16(3)12-18/h10-14H,5-9H2,1-4H3,(H2,20,21,22). The first-order valence-corrected chi connectivity index (χ1v) is 8.65. The highest BCUT2D eigenvalue weighted by atomic mass is 15.3. The van der Waals surface area contributed by atoms with Crippen LogP contribution in [0.25, 0.3) is 0 Å². The molecule has 0 spiro atoms. The average Bonchev–Trinajstić information content (AvgIpc) is 2.92. The number of nitrogens with one attached hydrogen (secondary N) is 2. The molecule has 1 aromatic heterocycles. The van der Waals surface area contributed by atoms with Crippen LogP contribution < -0.4 is 10.6 Å². The Kier molecular flexibility index (Phi) is 6.85. The minimum absolute atomic E-state index is 0.777. The number of aromatic nitrogens is 2. The lowest BCUT2D eigenvalue weighted by Gasteiger charge is -2.11. The van der Waals surface area contributed by atoms with E-state index in [1.165, 1.54) is 22.3 Å². The van der Waals surface area contributed by atoms with Gasteiger partial charge >= 0.3 is 0 Å². The molecule has 0 aliphatic carbocycles. The third-order valence-corrected chi connectivity index (χ3v) is 3.69. The molecule has 5 heteroatoms. The van der Waals surface area contributed by atoms with Crippen LogP contribution >= 0.6 is 0 Å². The van der Waals surface area contributed by atoms with Crippen molar-refractivity contribution in [3.63, 3.8) is 0 Å². The molecule has 2 aromatic rings. The van der Waals surface area contributed by atoms with Crippen LogP contribution in [0, 0.1) is 20.8 Å². The van der Waals surface area contributed by atoms with Crippen molar-refractivity contribution in [3.05, 3.63) is 52.8 Å². The summed E-state index contributed by atoms with van der Waals surface area (Å²) < 4.78 is 1.95. The molecule has 0 saturated heterocycles. The molecule has 1 heterocycles. The molecule has 0 unspecified atom stereocenters. The number of rotatable bonds is 7. The van der Waals surface area contributed by atoms with Gasteiger partial charge in [0.25, 0.3) is 0 Å². The molecule has 0 saturated carbocycles. The number of aryl methyl sites for hydroxylation is 3. The van der Waals surface area contributed by atoms with Crippen molar-refractivity contribution in [3.8, 4) is 0 Å². The quantitative estimate of drug-likeness (QED) is 0.607. The summed E-state index contributed by atoms with van der Waals surface area (Å²) in [5, 5.41) is 11.0. The van der Waals surface area contributed by atoms with E-state index in [-0.39, 0.29) is 0 Å². The molecule has 0 fully saturated rings. The largest absolute Gasteiger partial charge is 0.357 e. The van der Waals surface area contributed by atoms with Crippen molar-refractivity contribution in [1.29, 1.82) is 0 Å². The molecule has 2 N–H and O–H groups in total. The van der Waals surface area contributed by atoms with Gasteiger partial charge in [0.15, 0.2) is 5.96 Å². The maximum atomic E-state index is 4.67. The van der Waals surface area contributed by atoms with Crippen LogP contribution in [0.2, 0.25) is 0 Å². The highest BCUT2D eigenvalue weighted by Gasteiger charge is 2.00. The van der Waals surface area contributed by atoms with E-state index in [1.807, 2.05) is 17.1 Å². The van der Waals surface area contributed by atoms with E-state index >= 15 is 0 Å². The lowest BCUT2D eigenvalue weighted by molar-refractivity contribution is 0.597. The van der Waals surface area contributed by atoms with Crippen LogP contribution in [-0.4, -0.2) is 35.4 Å². The van der Waals surface area contributed by atoms with Gasteiger partial charge in [0, 0.05) is 25.8 Å². The fourth-order valence-electron chi connectivity index (χ4n) is 2.73. The van der Waals surface area contributed by atoms with Crippen molar-refractivity contribution in [2.75, 3.05) is 19.6 Å². The van der Waals surface area contributed by atoms with Crippen molar-refractivity contribution in [2.24, 2.45) is 4.99 Å². The summed E-state index contributed by atoms with van der Waals surface area (Å²) in [4.78, 5) is 4.67. The summed E-state index contributed by atoms with van der Waals surface area (Å²) in [6.45, 7) is 11.7. The maximum absolute atomic E-state index is 4.67. The lowest BCUT2D eigenvalue weighted by atomic mass is 10.1. The Morgan fingerprint density at radius 3 is 2.46 bits per heavy atom. The number of hydrogen-bond acceptors (Lipinski definition) is 2. The summed E-state index contributed by atoms with van der Waals surface area (Å²) in [6, 6.07) is 6.68. The second-order valence-electron chi connectivity index (χ2n) is 6.21. The second-order valence-corrected chi connectivity index (χ2v) is 6.21. The normalized spacial score (nSPS) is 11.6. The summed E-state index contributed by atoms with van der Waals surface area (Å²) in [7, 11) is 0. The van der Waals surface area contributed by atoms with Gasteiger partial charge in [-0.15, -0.1) is 0 Å². The van der Waals surface area contributed by atoms with Gasteiger partial charge in [-0.3, -0.25) is 9.67 Å². The number of benzene rings is 1. The van der Waals surface area contributed by atoms with Gasteiger partial charge in [0.1, 0.15) is 0 Å². The van der Waals surface area contributed by atoms with Crippen LogP contribution in [0.15, 0.2) is 35.6 Å². The van der Waals surface area contributed by atoms with Crippen LogP contribution in [0.3, 0.4) is 0 Å².